The van der Waals surface area contributed by atoms with Crippen molar-refractivity contribution in [1.29, 1.82) is 0 Å². The van der Waals surface area contributed by atoms with Crippen molar-refractivity contribution in [2.24, 2.45) is 0 Å². The highest BCUT2D eigenvalue weighted by Gasteiger charge is 2.44. The van der Waals surface area contributed by atoms with Gasteiger partial charge in [-0.2, -0.15) is 4.52 Å². The van der Waals surface area contributed by atoms with Crippen LogP contribution in [0.2, 0.25) is 0 Å². The number of rotatable bonds is 3. The molecule has 1 spiro atoms. The number of para-hydroxylation sites is 1. The van der Waals surface area contributed by atoms with Crippen LogP contribution >= 0.6 is 0 Å². The fourth-order valence-electron chi connectivity index (χ4n) is 4.39. The lowest BCUT2D eigenvalue weighted by Gasteiger charge is -2.39. The minimum atomic E-state index is -0.276. The zero-order chi connectivity index (χ0) is 20.0. The molecule has 150 valence electrons. The molecule has 0 saturated carbocycles. The van der Waals surface area contributed by atoms with Gasteiger partial charge < -0.3 is 14.8 Å². The number of benzene rings is 2. The van der Waals surface area contributed by atoms with Gasteiger partial charge in [0, 0.05) is 24.0 Å². The summed E-state index contributed by atoms with van der Waals surface area (Å²) in [6, 6.07) is 22.2. The van der Waals surface area contributed by atoms with E-state index < -0.39 is 0 Å². The average Bonchev–Trinajstić information content (AvgIpc) is 3.41. The molecule has 4 aromatic rings. The Morgan fingerprint density at radius 1 is 0.967 bits per heavy atom. The normalized spacial score (nSPS) is 22.7. The van der Waals surface area contributed by atoms with Crippen molar-refractivity contribution in [1.82, 2.24) is 19.8 Å². The maximum Gasteiger partial charge on any atom is 0.185 e. The van der Waals surface area contributed by atoms with Crippen LogP contribution in [0.15, 0.2) is 66.7 Å². The Morgan fingerprint density at radius 2 is 1.83 bits per heavy atom. The maximum atomic E-state index is 6.37. The Kier molecular flexibility index (Phi) is 3.95. The highest BCUT2D eigenvalue weighted by atomic mass is 16.6. The molecule has 2 aromatic heterocycles. The molecule has 4 heterocycles. The van der Waals surface area contributed by atoms with Crippen molar-refractivity contribution >= 4 is 11.5 Å². The smallest absolute Gasteiger partial charge is 0.185 e. The van der Waals surface area contributed by atoms with Crippen LogP contribution in [0.5, 0.6) is 5.75 Å². The Labute approximate surface area is 173 Å². The quantitative estimate of drug-likeness (QED) is 0.564. The summed E-state index contributed by atoms with van der Waals surface area (Å²) < 4.78 is 13.8. The Bertz CT molecular complexity index is 1200. The third-order valence-electron chi connectivity index (χ3n) is 5.88. The fraction of sp³-hybridized carbons (Fsp3) is 0.261. The zero-order valence-corrected chi connectivity index (χ0v) is 16.4. The van der Waals surface area contributed by atoms with Gasteiger partial charge in [0.2, 0.25) is 0 Å². The minimum absolute atomic E-state index is 0.0817. The maximum absolute atomic E-state index is 6.37. The molecule has 2 aromatic carbocycles. The first-order valence-corrected chi connectivity index (χ1v) is 10.2. The number of fused-ring (bicyclic) bond motifs is 2. The average molecular weight is 399 g/mol. The summed E-state index contributed by atoms with van der Waals surface area (Å²) >= 11 is 0. The van der Waals surface area contributed by atoms with Gasteiger partial charge in [-0.1, -0.05) is 48.5 Å². The molecule has 0 bridgehead atoms. The Morgan fingerprint density at radius 3 is 2.70 bits per heavy atom. The molecule has 6 rings (SSSR count). The number of anilines is 1. The van der Waals surface area contributed by atoms with Gasteiger partial charge in [0.15, 0.2) is 11.5 Å². The van der Waals surface area contributed by atoms with Crippen LogP contribution < -0.4 is 10.1 Å². The molecule has 7 nitrogen and oxygen atoms in total. The van der Waals surface area contributed by atoms with E-state index in [1.165, 1.54) is 0 Å². The zero-order valence-electron chi connectivity index (χ0n) is 16.4. The van der Waals surface area contributed by atoms with Crippen molar-refractivity contribution in [3.8, 4) is 17.1 Å². The van der Waals surface area contributed by atoms with E-state index in [9.17, 15) is 0 Å². The van der Waals surface area contributed by atoms with Gasteiger partial charge in [-0.3, -0.25) is 0 Å². The van der Waals surface area contributed by atoms with E-state index in [0.29, 0.717) is 12.3 Å². The predicted octanol–water partition coefficient (Wildman–Crippen LogP) is 3.89. The molecule has 2 unspecified atom stereocenters. The summed E-state index contributed by atoms with van der Waals surface area (Å²) in [5.41, 5.74) is 2.56. The number of hydrogen-bond donors (Lipinski definition) is 1. The Hall–Kier alpha value is -3.45. The van der Waals surface area contributed by atoms with E-state index in [4.69, 9.17) is 14.6 Å². The van der Waals surface area contributed by atoms with Crippen molar-refractivity contribution < 1.29 is 9.47 Å². The molecular formula is C23H21N5O2. The van der Waals surface area contributed by atoms with Gasteiger partial charge >= 0.3 is 0 Å². The summed E-state index contributed by atoms with van der Waals surface area (Å²) in [6.45, 7) is 1.36. The van der Waals surface area contributed by atoms with Gasteiger partial charge in [0.05, 0.1) is 19.3 Å². The Balaban J connectivity index is 1.37. The predicted molar refractivity (Wildman–Crippen MR) is 112 cm³/mol. The highest BCUT2D eigenvalue weighted by molar-refractivity contribution is 5.59. The topological polar surface area (TPSA) is 73.6 Å². The van der Waals surface area contributed by atoms with Crippen LogP contribution in [0.3, 0.4) is 0 Å². The SMILES string of the molecule is c1ccc(-c2nnc3ccc(NC4CC5(CCOC5)Oc5ccccc54)nn23)cc1. The van der Waals surface area contributed by atoms with E-state index in [1.807, 2.05) is 60.7 Å². The fourth-order valence-corrected chi connectivity index (χ4v) is 4.39. The van der Waals surface area contributed by atoms with Gasteiger partial charge in [-0.15, -0.1) is 15.3 Å². The number of ether oxygens (including phenoxy) is 2. The van der Waals surface area contributed by atoms with Gasteiger partial charge in [-0.05, 0) is 18.2 Å². The number of nitrogens with one attached hydrogen (secondary N) is 1. The third-order valence-corrected chi connectivity index (χ3v) is 5.88. The molecule has 30 heavy (non-hydrogen) atoms. The molecule has 1 fully saturated rings. The summed E-state index contributed by atoms with van der Waals surface area (Å²) in [5, 5.41) is 17.0. The summed E-state index contributed by atoms with van der Waals surface area (Å²) in [4.78, 5) is 0. The first kappa shape index (κ1) is 17.4. The monoisotopic (exact) mass is 399 g/mol. The summed E-state index contributed by atoms with van der Waals surface area (Å²) in [6.07, 6.45) is 1.73. The van der Waals surface area contributed by atoms with Crippen LogP contribution in [-0.4, -0.2) is 38.6 Å². The van der Waals surface area contributed by atoms with Crippen molar-refractivity contribution in [3.05, 3.63) is 72.3 Å². The van der Waals surface area contributed by atoms with Crippen molar-refractivity contribution in [2.75, 3.05) is 18.5 Å². The largest absolute Gasteiger partial charge is 0.484 e. The molecule has 0 radical (unpaired) electrons. The molecule has 0 amide bonds. The number of hydrogen-bond acceptors (Lipinski definition) is 6. The van der Waals surface area contributed by atoms with E-state index in [1.54, 1.807) is 4.52 Å². The second-order valence-electron chi connectivity index (χ2n) is 7.90. The second kappa shape index (κ2) is 6.81. The minimum Gasteiger partial charge on any atom is -0.484 e. The van der Waals surface area contributed by atoms with Crippen LogP contribution in [0.1, 0.15) is 24.4 Å². The lowest BCUT2D eigenvalue weighted by Crippen LogP contribution is -2.43. The summed E-state index contributed by atoms with van der Waals surface area (Å²) in [5.74, 6) is 2.42. The van der Waals surface area contributed by atoms with Gasteiger partial charge in [0.25, 0.3) is 0 Å². The standard InChI is InChI=1S/C23H21N5O2/c1-2-6-16(7-3-1)22-26-25-21-11-10-20(27-28(21)22)24-18-14-23(12-13-29-15-23)30-19-9-5-4-8-17(18)19/h1-11,18H,12-15H2,(H,24,27). The molecule has 2 aliphatic rings. The molecular weight excluding hydrogens is 378 g/mol. The van der Waals surface area contributed by atoms with E-state index in [0.717, 1.165) is 48.0 Å². The van der Waals surface area contributed by atoms with Crippen LogP contribution in [0, 0.1) is 0 Å². The summed E-state index contributed by atoms with van der Waals surface area (Å²) in [7, 11) is 0. The lowest BCUT2D eigenvalue weighted by molar-refractivity contribution is 0.0257. The number of nitrogens with zero attached hydrogens (tertiary/aromatic N) is 4. The van der Waals surface area contributed by atoms with Crippen molar-refractivity contribution in [3.63, 3.8) is 0 Å². The molecule has 2 aliphatic heterocycles. The lowest BCUT2D eigenvalue weighted by atomic mass is 9.86. The molecule has 1 N–H and O–H groups in total. The number of aromatic nitrogens is 4. The van der Waals surface area contributed by atoms with Crippen LogP contribution in [0.4, 0.5) is 5.82 Å². The second-order valence-corrected chi connectivity index (χ2v) is 7.90. The molecule has 2 atom stereocenters. The van der Waals surface area contributed by atoms with Crippen LogP contribution in [0.25, 0.3) is 17.0 Å². The molecule has 7 heteroatoms. The molecule has 1 saturated heterocycles. The van der Waals surface area contributed by atoms with E-state index >= 15 is 0 Å². The van der Waals surface area contributed by atoms with E-state index in [2.05, 4.69) is 21.6 Å². The first-order valence-electron chi connectivity index (χ1n) is 10.2. The van der Waals surface area contributed by atoms with Gasteiger partial charge in [-0.25, -0.2) is 0 Å². The van der Waals surface area contributed by atoms with E-state index in [-0.39, 0.29) is 11.6 Å². The van der Waals surface area contributed by atoms with Gasteiger partial charge in [0.1, 0.15) is 17.2 Å². The molecule has 0 aliphatic carbocycles. The first-order chi connectivity index (χ1) is 14.8. The van der Waals surface area contributed by atoms with Crippen LogP contribution in [-0.2, 0) is 4.74 Å². The van der Waals surface area contributed by atoms with Crippen molar-refractivity contribution in [2.45, 2.75) is 24.5 Å². The highest BCUT2D eigenvalue weighted by Crippen LogP contribution is 2.44. The third kappa shape index (κ3) is 2.90.